The second kappa shape index (κ2) is 7.78. The van der Waals surface area contributed by atoms with Crippen LogP contribution >= 0.6 is 0 Å². The Balaban J connectivity index is 1.46. The summed E-state index contributed by atoms with van der Waals surface area (Å²) in [5.74, 6) is 1.81. The van der Waals surface area contributed by atoms with E-state index in [-0.39, 0.29) is 11.9 Å². The number of hydrogen-bond acceptors (Lipinski definition) is 5. The Morgan fingerprint density at radius 2 is 1.89 bits per heavy atom. The summed E-state index contributed by atoms with van der Waals surface area (Å²) < 4.78 is 1.96. The van der Waals surface area contributed by atoms with Crippen LogP contribution in [0.3, 0.4) is 0 Å². The number of rotatable bonds is 3. The molecule has 1 fully saturated rings. The highest BCUT2D eigenvalue weighted by molar-refractivity contribution is 5.78. The molecule has 144 valence electrons. The molecular formula is C20H28N6O. The molecule has 2 aliphatic rings. The number of nitrogens with zero attached hydrogens (tertiary/aromatic N) is 6. The maximum absolute atomic E-state index is 13.0. The van der Waals surface area contributed by atoms with Gasteiger partial charge in [-0.2, -0.15) is 5.10 Å². The Labute approximate surface area is 160 Å². The summed E-state index contributed by atoms with van der Waals surface area (Å²) in [4.78, 5) is 24.3. The third-order valence-corrected chi connectivity index (χ3v) is 5.62. The summed E-state index contributed by atoms with van der Waals surface area (Å²) in [6, 6.07) is 9.96. The Hall–Kier alpha value is -2.25. The molecule has 4 rings (SSSR count). The van der Waals surface area contributed by atoms with Crippen LogP contribution in [0.5, 0.6) is 0 Å². The monoisotopic (exact) mass is 368 g/mol. The molecule has 1 amide bonds. The third kappa shape index (κ3) is 3.89. The maximum atomic E-state index is 13.0. The van der Waals surface area contributed by atoms with Gasteiger partial charge in [-0.15, -0.1) is 0 Å². The largest absolute Gasteiger partial charge is 0.330 e. The molecule has 0 N–H and O–H groups in total. The zero-order valence-electron chi connectivity index (χ0n) is 16.2. The average molecular weight is 368 g/mol. The molecule has 0 aliphatic carbocycles. The van der Waals surface area contributed by atoms with E-state index >= 15 is 0 Å². The molecule has 1 atom stereocenters. The number of amides is 1. The normalized spacial score (nSPS) is 21.7. The molecule has 27 heavy (non-hydrogen) atoms. The molecular weight excluding hydrogens is 340 g/mol. The quantitative estimate of drug-likeness (QED) is 0.822. The van der Waals surface area contributed by atoms with Crippen LogP contribution in [0, 0.1) is 0 Å². The Morgan fingerprint density at radius 3 is 2.70 bits per heavy atom. The fourth-order valence-electron chi connectivity index (χ4n) is 3.95. The lowest BCUT2D eigenvalue weighted by Crippen LogP contribution is -2.46. The third-order valence-electron chi connectivity index (χ3n) is 5.62. The zero-order chi connectivity index (χ0) is 18.8. The zero-order valence-corrected chi connectivity index (χ0v) is 16.2. The molecule has 3 heterocycles. The molecule has 2 aliphatic heterocycles. The predicted octanol–water partition coefficient (Wildman–Crippen LogP) is 1.49. The van der Waals surface area contributed by atoms with Gasteiger partial charge < -0.3 is 9.80 Å². The Kier molecular flexibility index (Phi) is 5.22. The summed E-state index contributed by atoms with van der Waals surface area (Å²) in [6.07, 6.45) is 1.12. The molecule has 0 bridgehead atoms. The summed E-state index contributed by atoms with van der Waals surface area (Å²) >= 11 is 0. The van der Waals surface area contributed by atoms with Crippen molar-refractivity contribution in [2.75, 3.05) is 46.3 Å². The number of fused-ring (bicyclic) bond motifs is 1. The molecule has 0 unspecified atom stereocenters. The van der Waals surface area contributed by atoms with Crippen LogP contribution < -0.4 is 0 Å². The van der Waals surface area contributed by atoms with E-state index in [4.69, 9.17) is 4.98 Å². The molecule has 0 radical (unpaired) electrons. The van der Waals surface area contributed by atoms with Crippen LogP contribution in [-0.2, 0) is 11.3 Å². The number of aromatic nitrogens is 3. The minimum Gasteiger partial charge on any atom is -0.330 e. The fourth-order valence-corrected chi connectivity index (χ4v) is 3.95. The van der Waals surface area contributed by atoms with E-state index in [9.17, 15) is 4.79 Å². The lowest BCUT2D eigenvalue weighted by Gasteiger charge is -2.34. The minimum atomic E-state index is -0.0501. The van der Waals surface area contributed by atoms with Crippen LogP contribution in [0.25, 0.3) is 11.4 Å². The summed E-state index contributed by atoms with van der Waals surface area (Å²) in [7, 11) is 2.15. The minimum absolute atomic E-state index is 0.0501. The van der Waals surface area contributed by atoms with Crippen molar-refractivity contribution in [3.63, 3.8) is 0 Å². The molecule has 7 heteroatoms. The second-order valence-corrected chi connectivity index (χ2v) is 7.58. The SMILES string of the molecule is C[C@H]1c2nc(-c3ccccc3)nn2CCN1C(=O)CN1CCCN(C)CC1. The molecule has 7 nitrogen and oxygen atoms in total. The first-order valence-electron chi connectivity index (χ1n) is 9.82. The van der Waals surface area contributed by atoms with E-state index in [2.05, 4.69) is 28.9 Å². The van der Waals surface area contributed by atoms with Crippen LogP contribution in [0.2, 0.25) is 0 Å². The van der Waals surface area contributed by atoms with E-state index in [1.807, 2.05) is 39.9 Å². The van der Waals surface area contributed by atoms with Gasteiger partial charge in [0.2, 0.25) is 5.91 Å². The van der Waals surface area contributed by atoms with Crippen molar-refractivity contribution in [2.24, 2.45) is 0 Å². The van der Waals surface area contributed by atoms with Crippen LogP contribution in [0.15, 0.2) is 30.3 Å². The van der Waals surface area contributed by atoms with Gasteiger partial charge in [0.1, 0.15) is 5.82 Å². The number of carbonyl (C=O) groups excluding carboxylic acids is 1. The highest BCUT2D eigenvalue weighted by Crippen LogP contribution is 2.26. The van der Waals surface area contributed by atoms with Gasteiger partial charge in [0, 0.05) is 25.2 Å². The predicted molar refractivity (Wildman–Crippen MR) is 104 cm³/mol. The van der Waals surface area contributed by atoms with Gasteiger partial charge >= 0.3 is 0 Å². The van der Waals surface area contributed by atoms with E-state index < -0.39 is 0 Å². The first-order chi connectivity index (χ1) is 13.1. The number of carbonyl (C=O) groups is 1. The van der Waals surface area contributed by atoms with Gasteiger partial charge in [-0.1, -0.05) is 30.3 Å². The number of hydrogen-bond donors (Lipinski definition) is 0. The fraction of sp³-hybridized carbons (Fsp3) is 0.550. The lowest BCUT2D eigenvalue weighted by atomic mass is 10.2. The van der Waals surface area contributed by atoms with Crippen molar-refractivity contribution in [3.05, 3.63) is 36.2 Å². The standard InChI is InChI=1S/C20H28N6O/c1-16-20-21-19(17-7-4-3-5-8-17)22-26(20)14-13-25(16)18(27)15-24-10-6-9-23(2)11-12-24/h3-5,7-8,16H,6,9-15H2,1-2H3/t16-/m0/s1. The van der Waals surface area contributed by atoms with Gasteiger partial charge in [0.15, 0.2) is 5.82 Å². The van der Waals surface area contributed by atoms with E-state index in [0.717, 1.165) is 49.8 Å². The molecule has 1 aromatic heterocycles. The van der Waals surface area contributed by atoms with Crippen molar-refractivity contribution >= 4 is 5.91 Å². The highest BCUT2D eigenvalue weighted by Gasteiger charge is 2.31. The number of likely N-dealkylation sites (N-methyl/N-ethyl adjacent to an activating group) is 1. The van der Waals surface area contributed by atoms with E-state index in [1.54, 1.807) is 0 Å². The molecule has 0 saturated carbocycles. The topological polar surface area (TPSA) is 57.5 Å². The Morgan fingerprint density at radius 1 is 1.07 bits per heavy atom. The lowest BCUT2D eigenvalue weighted by molar-refractivity contribution is -0.135. The van der Waals surface area contributed by atoms with Gasteiger partial charge in [-0.3, -0.25) is 9.69 Å². The first-order valence-corrected chi connectivity index (χ1v) is 9.82. The van der Waals surface area contributed by atoms with Crippen LogP contribution in [-0.4, -0.2) is 81.7 Å². The van der Waals surface area contributed by atoms with Crippen LogP contribution in [0.1, 0.15) is 25.2 Å². The van der Waals surface area contributed by atoms with Gasteiger partial charge in [0.05, 0.1) is 19.1 Å². The molecule has 1 saturated heterocycles. The summed E-state index contributed by atoms with van der Waals surface area (Å²) in [5, 5.41) is 4.65. The van der Waals surface area contributed by atoms with Gasteiger partial charge in [-0.25, -0.2) is 9.67 Å². The van der Waals surface area contributed by atoms with Crippen molar-refractivity contribution in [2.45, 2.75) is 25.9 Å². The Bertz CT molecular complexity index is 789. The smallest absolute Gasteiger partial charge is 0.237 e. The first kappa shape index (κ1) is 18.1. The molecule has 2 aromatic rings. The maximum Gasteiger partial charge on any atom is 0.237 e. The van der Waals surface area contributed by atoms with Crippen molar-refractivity contribution in [1.29, 1.82) is 0 Å². The summed E-state index contributed by atoms with van der Waals surface area (Å²) in [5.41, 5.74) is 1.01. The van der Waals surface area contributed by atoms with Crippen molar-refractivity contribution in [3.8, 4) is 11.4 Å². The molecule has 0 spiro atoms. The highest BCUT2D eigenvalue weighted by atomic mass is 16.2. The van der Waals surface area contributed by atoms with Gasteiger partial charge in [0.25, 0.3) is 0 Å². The van der Waals surface area contributed by atoms with Crippen LogP contribution in [0.4, 0.5) is 0 Å². The number of benzene rings is 1. The second-order valence-electron chi connectivity index (χ2n) is 7.58. The van der Waals surface area contributed by atoms with E-state index in [0.29, 0.717) is 19.6 Å². The average Bonchev–Trinajstić information content (AvgIpc) is 3.02. The van der Waals surface area contributed by atoms with E-state index in [1.165, 1.54) is 0 Å². The van der Waals surface area contributed by atoms with Crippen molar-refractivity contribution in [1.82, 2.24) is 29.5 Å². The molecule has 1 aromatic carbocycles. The van der Waals surface area contributed by atoms with Gasteiger partial charge in [-0.05, 0) is 33.5 Å². The summed E-state index contributed by atoms with van der Waals surface area (Å²) in [6.45, 7) is 8.03. The van der Waals surface area contributed by atoms with Crippen molar-refractivity contribution < 1.29 is 4.79 Å².